The lowest BCUT2D eigenvalue weighted by atomic mass is 10.0. The number of aliphatic hydroxyl groups excluding tert-OH is 1. The van der Waals surface area contributed by atoms with Crippen LogP contribution in [0.1, 0.15) is 57.6 Å². The first kappa shape index (κ1) is 17.6. The van der Waals surface area contributed by atoms with Gasteiger partial charge in [0.1, 0.15) is 5.75 Å². The smallest absolute Gasteiger partial charge is 0.119 e. The number of unbranched alkanes of at least 4 members (excludes halogenated alkanes) is 3. The predicted octanol–water partition coefficient (Wildman–Crippen LogP) is 5.76. The van der Waals surface area contributed by atoms with Crippen LogP contribution in [0.15, 0.2) is 48.5 Å². The quantitative estimate of drug-likeness (QED) is 0.597. The molecule has 0 aromatic heterocycles. The van der Waals surface area contributed by atoms with Crippen molar-refractivity contribution in [3.05, 3.63) is 54.1 Å². The van der Waals surface area contributed by atoms with Crippen LogP contribution in [0.3, 0.4) is 0 Å². The van der Waals surface area contributed by atoms with E-state index >= 15 is 0 Å². The third kappa shape index (κ3) is 5.40. The topological polar surface area (TPSA) is 29.5 Å². The van der Waals surface area contributed by atoms with Crippen LogP contribution < -0.4 is 4.74 Å². The van der Waals surface area contributed by atoms with Gasteiger partial charge in [-0.15, -0.1) is 0 Å². The molecule has 2 nitrogen and oxygen atoms in total. The molecule has 0 spiro atoms. The van der Waals surface area contributed by atoms with Gasteiger partial charge in [-0.05, 0) is 41.7 Å². The Kier molecular flexibility index (Phi) is 7.15. The van der Waals surface area contributed by atoms with Crippen molar-refractivity contribution in [2.75, 3.05) is 6.61 Å². The number of hydrogen-bond acceptors (Lipinski definition) is 2. The molecule has 1 N–H and O–H groups in total. The van der Waals surface area contributed by atoms with Crippen LogP contribution in [0.5, 0.6) is 5.75 Å². The van der Waals surface area contributed by atoms with Gasteiger partial charge in [-0.2, -0.15) is 0 Å². The Morgan fingerprint density at radius 1 is 0.826 bits per heavy atom. The Hall–Kier alpha value is -1.80. The number of ether oxygens (including phenoxy) is 1. The van der Waals surface area contributed by atoms with Gasteiger partial charge in [-0.3, -0.25) is 0 Å². The fourth-order valence-corrected chi connectivity index (χ4v) is 2.60. The van der Waals surface area contributed by atoms with Crippen LogP contribution in [-0.4, -0.2) is 11.7 Å². The minimum atomic E-state index is -0.368. The van der Waals surface area contributed by atoms with Gasteiger partial charge in [0.15, 0.2) is 0 Å². The normalized spacial score (nSPS) is 12.1. The highest BCUT2D eigenvalue weighted by Crippen LogP contribution is 2.25. The SMILES string of the molecule is CCCCCCOc1ccc(-c2ccc(C(O)CC)cc2)cc1. The second-order valence-corrected chi connectivity index (χ2v) is 5.98. The van der Waals surface area contributed by atoms with E-state index in [1.165, 1.54) is 24.8 Å². The molecule has 0 aliphatic heterocycles. The third-order valence-corrected chi connectivity index (χ3v) is 4.14. The third-order valence-electron chi connectivity index (χ3n) is 4.14. The maximum Gasteiger partial charge on any atom is 0.119 e. The highest BCUT2D eigenvalue weighted by Gasteiger charge is 2.05. The maximum atomic E-state index is 9.85. The van der Waals surface area contributed by atoms with Crippen molar-refractivity contribution in [3.8, 4) is 16.9 Å². The Morgan fingerprint density at radius 2 is 1.43 bits per heavy atom. The Balaban J connectivity index is 1.91. The lowest BCUT2D eigenvalue weighted by Gasteiger charge is -2.10. The first-order chi connectivity index (χ1) is 11.2. The Bertz CT molecular complexity index is 557. The molecular formula is C21H28O2. The summed E-state index contributed by atoms with van der Waals surface area (Å²) < 4.78 is 5.78. The summed E-state index contributed by atoms with van der Waals surface area (Å²) in [7, 11) is 0. The lowest BCUT2D eigenvalue weighted by Crippen LogP contribution is -1.97. The highest BCUT2D eigenvalue weighted by molar-refractivity contribution is 5.64. The molecule has 0 bridgehead atoms. The predicted molar refractivity (Wildman–Crippen MR) is 96.8 cm³/mol. The van der Waals surface area contributed by atoms with Gasteiger partial charge in [0.2, 0.25) is 0 Å². The molecule has 0 fully saturated rings. The van der Waals surface area contributed by atoms with Crippen molar-refractivity contribution in [1.82, 2.24) is 0 Å². The van der Waals surface area contributed by atoms with Crippen LogP contribution >= 0.6 is 0 Å². The minimum absolute atomic E-state index is 0.368. The molecule has 2 aromatic rings. The molecule has 0 amide bonds. The van der Waals surface area contributed by atoms with Gasteiger partial charge in [0.25, 0.3) is 0 Å². The number of aliphatic hydroxyl groups is 1. The van der Waals surface area contributed by atoms with Crippen molar-refractivity contribution in [3.63, 3.8) is 0 Å². The monoisotopic (exact) mass is 312 g/mol. The van der Waals surface area contributed by atoms with Crippen molar-refractivity contribution >= 4 is 0 Å². The first-order valence-electron chi connectivity index (χ1n) is 8.75. The second kappa shape index (κ2) is 9.36. The van der Waals surface area contributed by atoms with E-state index in [1.807, 2.05) is 31.2 Å². The van der Waals surface area contributed by atoms with Crippen molar-refractivity contribution in [2.24, 2.45) is 0 Å². The number of rotatable bonds is 9. The van der Waals surface area contributed by atoms with Crippen molar-refractivity contribution in [1.29, 1.82) is 0 Å². The van der Waals surface area contributed by atoms with Crippen LogP contribution in [0.25, 0.3) is 11.1 Å². The molecule has 23 heavy (non-hydrogen) atoms. The van der Waals surface area contributed by atoms with Gasteiger partial charge < -0.3 is 9.84 Å². The zero-order chi connectivity index (χ0) is 16.5. The summed E-state index contributed by atoms with van der Waals surface area (Å²) >= 11 is 0. The van der Waals surface area contributed by atoms with Gasteiger partial charge in [-0.1, -0.05) is 69.5 Å². The molecule has 0 aliphatic carbocycles. The van der Waals surface area contributed by atoms with E-state index in [1.54, 1.807) is 0 Å². The zero-order valence-corrected chi connectivity index (χ0v) is 14.3. The van der Waals surface area contributed by atoms with Gasteiger partial charge in [-0.25, -0.2) is 0 Å². The molecule has 0 saturated heterocycles. The summed E-state index contributed by atoms with van der Waals surface area (Å²) in [4.78, 5) is 0. The van der Waals surface area contributed by atoms with E-state index in [0.29, 0.717) is 0 Å². The first-order valence-corrected chi connectivity index (χ1v) is 8.75. The summed E-state index contributed by atoms with van der Waals surface area (Å²) in [6.45, 7) is 5.00. The minimum Gasteiger partial charge on any atom is -0.494 e. The molecule has 1 atom stereocenters. The van der Waals surface area contributed by atoms with Crippen LogP contribution in [0.4, 0.5) is 0 Å². The van der Waals surface area contributed by atoms with Gasteiger partial charge >= 0.3 is 0 Å². The molecule has 1 unspecified atom stereocenters. The Labute approximate surface area is 140 Å². The van der Waals surface area contributed by atoms with Crippen molar-refractivity contribution < 1.29 is 9.84 Å². The maximum absolute atomic E-state index is 9.85. The van der Waals surface area contributed by atoms with E-state index in [4.69, 9.17) is 4.74 Å². The summed E-state index contributed by atoms with van der Waals surface area (Å²) in [5.74, 6) is 0.934. The fourth-order valence-electron chi connectivity index (χ4n) is 2.60. The van der Waals surface area contributed by atoms with Gasteiger partial charge in [0.05, 0.1) is 12.7 Å². The average molecular weight is 312 g/mol. The Morgan fingerprint density at radius 3 is 2.00 bits per heavy atom. The highest BCUT2D eigenvalue weighted by atomic mass is 16.5. The standard InChI is InChI=1S/C21H28O2/c1-3-5-6-7-16-23-20-14-12-18(13-15-20)17-8-10-19(11-9-17)21(22)4-2/h8-15,21-22H,3-7,16H2,1-2H3. The van der Waals surface area contributed by atoms with Crippen LogP contribution in [-0.2, 0) is 0 Å². The number of benzene rings is 2. The summed E-state index contributed by atoms with van der Waals surface area (Å²) in [6.07, 6.45) is 5.27. The molecule has 0 heterocycles. The molecule has 0 saturated carbocycles. The summed E-state index contributed by atoms with van der Waals surface area (Å²) in [5, 5.41) is 9.85. The molecule has 124 valence electrons. The molecule has 0 radical (unpaired) electrons. The average Bonchev–Trinajstić information content (AvgIpc) is 2.61. The molecule has 2 rings (SSSR count). The largest absolute Gasteiger partial charge is 0.494 e. The molecular weight excluding hydrogens is 284 g/mol. The zero-order valence-electron chi connectivity index (χ0n) is 14.3. The van der Waals surface area contributed by atoms with Crippen LogP contribution in [0.2, 0.25) is 0 Å². The van der Waals surface area contributed by atoms with Crippen LogP contribution in [0, 0.1) is 0 Å². The number of hydrogen-bond donors (Lipinski definition) is 1. The fraction of sp³-hybridized carbons (Fsp3) is 0.429. The van der Waals surface area contributed by atoms with E-state index in [9.17, 15) is 5.11 Å². The molecule has 2 heteroatoms. The van der Waals surface area contributed by atoms with E-state index in [0.717, 1.165) is 36.3 Å². The lowest BCUT2D eigenvalue weighted by molar-refractivity contribution is 0.173. The van der Waals surface area contributed by atoms with Gasteiger partial charge in [0, 0.05) is 0 Å². The summed E-state index contributed by atoms with van der Waals surface area (Å²) in [6, 6.07) is 16.4. The summed E-state index contributed by atoms with van der Waals surface area (Å²) in [5.41, 5.74) is 3.30. The van der Waals surface area contributed by atoms with E-state index < -0.39 is 0 Å². The second-order valence-electron chi connectivity index (χ2n) is 5.98. The van der Waals surface area contributed by atoms with Crippen molar-refractivity contribution in [2.45, 2.75) is 52.1 Å². The van der Waals surface area contributed by atoms with E-state index in [2.05, 4.69) is 31.2 Å². The molecule has 0 aliphatic rings. The molecule has 2 aromatic carbocycles. The van der Waals surface area contributed by atoms with E-state index in [-0.39, 0.29) is 6.10 Å².